The van der Waals surface area contributed by atoms with E-state index in [4.69, 9.17) is 4.74 Å². The Morgan fingerprint density at radius 3 is 2.67 bits per heavy atom. The van der Waals surface area contributed by atoms with Crippen molar-refractivity contribution in [2.45, 2.75) is 31.8 Å². The van der Waals surface area contributed by atoms with Gasteiger partial charge in [0.15, 0.2) is 0 Å². The van der Waals surface area contributed by atoms with E-state index in [2.05, 4.69) is 22.2 Å². The lowest BCUT2D eigenvalue weighted by atomic mass is 9.92. The van der Waals surface area contributed by atoms with E-state index in [0.29, 0.717) is 0 Å². The van der Waals surface area contributed by atoms with E-state index in [-0.39, 0.29) is 5.54 Å². The first kappa shape index (κ1) is 10.5. The van der Waals surface area contributed by atoms with Crippen molar-refractivity contribution in [3.8, 4) is 0 Å². The lowest BCUT2D eigenvalue weighted by Crippen LogP contribution is -2.46. The SMILES string of the molecule is CC1(NCc2cncnc2)CCOCC1. The molecule has 4 heteroatoms. The molecule has 1 N–H and O–H groups in total. The van der Waals surface area contributed by atoms with Crippen molar-refractivity contribution in [1.82, 2.24) is 15.3 Å². The van der Waals surface area contributed by atoms with Crippen molar-refractivity contribution in [1.29, 1.82) is 0 Å². The molecule has 1 aliphatic heterocycles. The van der Waals surface area contributed by atoms with E-state index < -0.39 is 0 Å². The van der Waals surface area contributed by atoms with Gasteiger partial charge in [-0.3, -0.25) is 0 Å². The average Bonchev–Trinajstić information content (AvgIpc) is 2.29. The zero-order valence-electron chi connectivity index (χ0n) is 9.07. The Morgan fingerprint density at radius 1 is 1.33 bits per heavy atom. The van der Waals surface area contributed by atoms with Crippen molar-refractivity contribution < 1.29 is 4.74 Å². The molecular weight excluding hydrogens is 190 g/mol. The molecule has 0 amide bonds. The fraction of sp³-hybridized carbons (Fsp3) is 0.636. The summed E-state index contributed by atoms with van der Waals surface area (Å²) in [7, 11) is 0. The van der Waals surface area contributed by atoms with E-state index >= 15 is 0 Å². The number of hydrogen-bond donors (Lipinski definition) is 1. The maximum absolute atomic E-state index is 5.35. The summed E-state index contributed by atoms with van der Waals surface area (Å²) in [6, 6.07) is 0. The van der Waals surface area contributed by atoms with Gasteiger partial charge in [-0.05, 0) is 19.8 Å². The molecule has 1 aliphatic rings. The number of hydrogen-bond acceptors (Lipinski definition) is 4. The number of ether oxygens (including phenoxy) is 1. The Kier molecular flexibility index (Phi) is 3.28. The van der Waals surface area contributed by atoms with E-state index in [1.165, 1.54) is 0 Å². The summed E-state index contributed by atoms with van der Waals surface area (Å²) in [5.74, 6) is 0. The second-order valence-electron chi connectivity index (χ2n) is 4.27. The molecule has 4 nitrogen and oxygen atoms in total. The minimum absolute atomic E-state index is 0.202. The maximum atomic E-state index is 5.35. The highest BCUT2D eigenvalue weighted by molar-refractivity contribution is 5.03. The molecule has 1 aromatic heterocycles. The van der Waals surface area contributed by atoms with Gasteiger partial charge in [0, 0.05) is 43.3 Å². The largest absolute Gasteiger partial charge is 0.381 e. The Bertz CT molecular complexity index is 296. The van der Waals surface area contributed by atoms with Gasteiger partial charge in [-0.15, -0.1) is 0 Å². The molecule has 0 saturated carbocycles. The molecule has 0 bridgehead atoms. The van der Waals surface area contributed by atoms with Gasteiger partial charge in [-0.1, -0.05) is 0 Å². The van der Waals surface area contributed by atoms with Crippen LogP contribution in [0.5, 0.6) is 0 Å². The van der Waals surface area contributed by atoms with E-state index in [1.807, 2.05) is 12.4 Å². The summed E-state index contributed by atoms with van der Waals surface area (Å²) in [4.78, 5) is 7.99. The molecule has 0 aromatic carbocycles. The molecule has 2 rings (SSSR count). The molecule has 0 atom stereocenters. The lowest BCUT2D eigenvalue weighted by Gasteiger charge is -2.34. The van der Waals surface area contributed by atoms with Crippen LogP contribution in [0.25, 0.3) is 0 Å². The van der Waals surface area contributed by atoms with Crippen LogP contribution in [0.15, 0.2) is 18.7 Å². The Balaban J connectivity index is 1.87. The molecule has 2 heterocycles. The van der Waals surface area contributed by atoms with Crippen molar-refractivity contribution in [3.05, 3.63) is 24.3 Å². The maximum Gasteiger partial charge on any atom is 0.115 e. The van der Waals surface area contributed by atoms with Gasteiger partial charge in [0.25, 0.3) is 0 Å². The quantitative estimate of drug-likeness (QED) is 0.807. The highest BCUT2D eigenvalue weighted by Crippen LogP contribution is 2.19. The van der Waals surface area contributed by atoms with Crippen LogP contribution >= 0.6 is 0 Å². The number of nitrogens with one attached hydrogen (secondary N) is 1. The number of rotatable bonds is 3. The summed E-state index contributed by atoms with van der Waals surface area (Å²) in [5.41, 5.74) is 1.33. The molecule has 0 radical (unpaired) electrons. The van der Waals surface area contributed by atoms with Crippen LogP contribution in [0.4, 0.5) is 0 Å². The molecule has 1 aromatic rings. The van der Waals surface area contributed by atoms with Crippen molar-refractivity contribution >= 4 is 0 Å². The van der Waals surface area contributed by atoms with Crippen LogP contribution in [-0.2, 0) is 11.3 Å². The van der Waals surface area contributed by atoms with Gasteiger partial charge >= 0.3 is 0 Å². The molecule has 82 valence electrons. The predicted octanol–water partition coefficient (Wildman–Crippen LogP) is 1.14. The van der Waals surface area contributed by atoms with Gasteiger partial charge in [-0.25, -0.2) is 9.97 Å². The standard InChI is InChI=1S/C11H17N3O/c1-11(2-4-15-5-3-11)14-8-10-6-12-9-13-7-10/h6-7,9,14H,2-5,8H2,1H3. The summed E-state index contributed by atoms with van der Waals surface area (Å²) < 4.78 is 5.35. The second kappa shape index (κ2) is 4.68. The minimum Gasteiger partial charge on any atom is -0.381 e. The molecule has 0 aliphatic carbocycles. The van der Waals surface area contributed by atoms with Crippen LogP contribution < -0.4 is 5.32 Å². The highest BCUT2D eigenvalue weighted by atomic mass is 16.5. The zero-order chi connectivity index (χ0) is 10.6. The number of aromatic nitrogens is 2. The Labute approximate surface area is 90.1 Å². The van der Waals surface area contributed by atoms with Gasteiger partial charge < -0.3 is 10.1 Å². The third kappa shape index (κ3) is 2.97. The summed E-state index contributed by atoms with van der Waals surface area (Å²) in [5, 5.41) is 3.55. The molecule has 0 spiro atoms. The van der Waals surface area contributed by atoms with Crippen LogP contribution in [0.1, 0.15) is 25.3 Å². The zero-order valence-corrected chi connectivity index (χ0v) is 9.07. The molecule has 0 unspecified atom stereocenters. The first-order chi connectivity index (χ1) is 7.29. The van der Waals surface area contributed by atoms with Gasteiger partial charge in [-0.2, -0.15) is 0 Å². The van der Waals surface area contributed by atoms with Crippen LogP contribution in [0.3, 0.4) is 0 Å². The minimum atomic E-state index is 0.202. The van der Waals surface area contributed by atoms with Gasteiger partial charge in [0.1, 0.15) is 6.33 Å². The fourth-order valence-corrected chi connectivity index (χ4v) is 1.74. The second-order valence-corrected chi connectivity index (χ2v) is 4.27. The number of nitrogens with zero attached hydrogens (tertiary/aromatic N) is 2. The van der Waals surface area contributed by atoms with E-state index in [1.54, 1.807) is 6.33 Å². The highest BCUT2D eigenvalue weighted by Gasteiger charge is 2.26. The van der Waals surface area contributed by atoms with Gasteiger partial charge in [0.2, 0.25) is 0 Å². The van der Waals surface area contributed by atoms with Crippen LogP contribution in [-0.4, -0.2) is 28.7 Å². The van der Waals surface area contributed by atoms with Crippen LogP contribution in [0.2, 0.25) is 0 Å². The molecule has 15 heavy (non-hydrogen) atoms. The van der Waals surface area contributed by atoms with Crippen molar-refractivity contribution in [3.63, 3.8) is 0 Å². The van der Waals surface area contributed by atoms with E-state index in [9.17, 15) is 0 Å². The Hall–Kier alpha value is -1.00. The predicted molar refractivity (Wildman–Crippen MR) is 57.3 cm³/mol. The Morgan fingerprint density at radius 2 is 2.00 bits per heavy atom. The van der Waals surface area contributed by atoms with Crippen LogP contribution in [0, 0.1) is 0 Å². The lowest BCUT2D eigenvalue weighted by molar-refractivity contribution is 0.0446. The summed E-state index contributed by atoms with van der Waals surface area (Å²) >= 11 is 0. The van der Waals surface area contributed by atoms with Crippen molar-refractivity contribution in [2.75, 3.05) is 13.2 Å². The average molecular weight is 207 g/mol. The van der Waals surface area contributed by atoms with Crippen molar-refractivity contribution in [2.24, 2.45) is 0 Å². The third-order valence-electron chi connectivity index (χ3n) is 2.93. The summed E-state index contributed by atoms with van der Waals surface area (Å²) in [6.07, 6.45) is 7.40. The topological polar surface area (TPSA) is 47.0 Å². The smallest absolute Gasteiger partial charge is 0.115 e. The first-order valence-electron chi connectivity index (χ1n) is 5.35. The molecule has 1 fully saturated rings. The normalized spacial score (nSPS) is 20.1. The molecule has 1 saturated heterocycles. The molecular formula is C11H17N3O. The van der Waals surface area contributed by atoms with E-state index in [0.717, 1.165) is 38.2 Å². The van der Waals surface area contributed by atoms with Gasteiger partial charge in [0.05, 0.1) is 0 Å². The third-order valence-corrected chi connectivity index (χ3v) is 2.93. The first-order valence-corrected chi connectivity index (χ1v) is 5.35. The summed E-state index contributed by atoms with van der Waals surface area (Å²) in [6.45, 7) is 4.79. The fourth-order valence-electron chi connectivity index (χ4n) is 1.74. The monoisotopic (exact) mass is 207 g/mol.